The summed E-state index contributed by atoms with van der Waals surface area (Å²) in [6.07, 6.45) is 1.08. The predicted molar refractivity (Wildman–Crippen MR) is 70.5 cm³/mol. The molecule has 1 fully saturated rings. The van der Waals surface area contributed by atoms with Crippen LogP contribution in [0.4, 0.5) is 0 Å². The molecule has 0 saturated carbocycles. The van der Waals surface area contributed by atoms with Crippen LogP contribution in [-0.4, -0.2) is 53.9 Å². The third-order valence-electron chi connectivity index (χ3n) is 3.51. The van der Waals surface area contributed by atoms with Crippen LogP contribution in [0.25, 0.3) is 0 Å². The van der Waals surface area contributed by atoms with Crippen LogP contribution in [0.3, 0.4) is 0 Å². The third kappa shape index (κ3) is 3.92. The van der Waals surface area contributed by atoms with Crippen LogP contribution in [0.5, 0.6) is 0 Å². The Morgan fingerprint density at radius 3 is 2.42 bits per heavy atom. The van der Waals surface area contributed by atoms with Crippen molar-refractivity contribution in [3.63, 3.8) is 0 Å². The van der Waals surface area contributed by atoms with E-state index >= 15 is 0 Å². The zero-order valence-electron chi connectivity index (χ0n) is 11.5. The minimum Gasteiger partial charge on any atom is -0.480 e. The van der Waals surface area contributed by atoms with Gasteiger partial charge < -0.3 is 10.0 Å². The number of carboxylic acids is 1. The molecule has 1 rings (SSSR count). The SMILES string of the molecule is CC1CCN(C(=O)CS(=O)(=O)C(C)C)C(C(=O)O)C1. The Labute approximate surface area is 113 Å². The Kier molecular flexibility index (Phi) is 4.95. The van der Waals surface area contributed by atoms with Crippen LogP contribution in [0.15, 0.2) is 0 Å². The lowest BCUT2D eigenvalue weighted by molar-refractivity contribution is -0.152. The fourth-order valence-corrected chi connectivity index (χ4v) is 2.94. The van der Waals surface area contributed by atoms with Gasteiger partial charge in [0, 0.05) is 6.54 Å². The molecule has 2 unspecified atom stereocenters. The van der Waals surface area contributed by atoms with E-state index in [1.807, 2.05) is 6.92 Å². The van der Waals surface area contributed by atoms with E-state index in [0.29, 0.717) is 19.4 Å². The molecule has 0 radical (unpaired) electrons. The van der Waals surface area contributed by atoms with Crippen molar-refractivity contribution in [2.45, 2.75) is 44.9 Å². The first-order chi connectivity index (χ1) is 8.65. The number of likely N-dealkylation sites (tertiary alicyclic amines) is 1. The molecule has 1 amide bonds. The highest BCUT2D eigenvalue weighted by molar-refractivity contribution is 7.92. The molecule has 0 spiro atoms. The van der Waals surface area contributed by atoms with Crippen LogP contribution >= 0.6 is 0 Å². The molecular formula is C12H21NO5S. The standard InChI is InChI=1S/C12H21NO5S/c1-8(2)19(17,18)7-11(14)13-5-4-9(3)6-10(13)12(15)16/h8-10H,4-7H2,1-3H3,(H,15,16). The van der Waals surface area contributed by atoms with E-state index in [2.05, 4.69) is 0 Å². The first-order valence-corrected chi connectivity index (χ1v) is 8.10. The lowest BCUT2D eigenvalue weighted by Crippen LogP contribution is -2.51. The van der Waals surface area contributed by atoms with Gasteiger partial charge in [-0.1, -0.05) is 6.92 Å². The van der Waals surface area contributed by atoms with Crippen LogP contribution < -0.4 is 0 Å². The maximum absolute atomic E-state index is 12.0. The van der Waals surface area contributed by atoms with E-state index in [4.69, 9.17) is 5.11 Å². The molecule has 1 N–H and O–H groups in total. The first kappa shape index (κ1) is 15.9. The number of amides is 1. The lowest BCUT2D eigenvalue weighted by Gasteiger charge is -2.36. The fraction of sp³-hybridized carbons (Fsp3) is 0.833. The molecule has 1 heterocycles. The van der Waals surface area contributed by atoms with Gasteiger partial charge in [0.1, 0.15) is 11.8 Å². The van der Waals surface area contributed by atoms with Crippen molar-refractivity contribution in [2.24, 2.45) is 5.92 Å². The topological polar surface area (TPSA) is 91.8 Å². The Hall–Kier alpha value is -1.11. The predicted octanol–water partition coefficient (Wildman–Crippen LogP) is 0.521. The van der Waals surface area contributed by atoms with Crippen molar-refractivity contribution < 1.29 is 23.1 Å². The van der Waals surface area contributed by atoms with Gasteiger partial charge >= 0.3 is 5.97 Å². The molecule has 0 aromatic heterocycles. The number of carbonyl (C=O) groups is 2. The van der Waals surface area contributed by atoms with Crippen LogP contribution in [0, 0.1) is 5.92 Å². The molecule has 19 heavy (non-hydrogen) atoms. The van der Waals surface area contributed by atoms with Crippen molar-refractivity contribution in [2.75, 3.05) is 12.3 Å². The molecule has 110 valence electrons. The highest BCUT2D eigenvalue weighted by Gasteiger charge is 2.36. The molecule has 7 heteroatoms. The highest BCUT2D eigenvalue weighted by Crippen LogP contribution is 2.23. The number of aliphatic carboxylic acids is 1. The summed E-state index contributed by atoms with van der Waals surface area (Å²) in [5, 5.41) is 8.50. The second-order valence-corrected chi connectivity index (χ2v) is 7.98. The largest absolute Gasteiger partial charge is 0.480 e. The molecule has 0 aromatic carbocycles. The van der Waals surface area contributed by atoms with Gasteiger partial charge in [0.2, 0.25) is 5.91 Å². The minimum atomic E-state index is -3.49. The summed E-state index contributed by atoms with van der Waals surface area (Å²) in [6.45, 7) is 5.26. The molecule has 6 nitrogen and oxygen atoms in total. The van der Waals surface area contributed by atoms with E-state index in [0.717, 1.165) is 0 Å². The van der Waals surface area contributed by atoms with E-state index in [1.54, 1.807) is 0 Å². The molecular weight excluding hydrogens is 270 g/mol. The van der Waals surface area contributed by atoms with Crippen LogP contribution in [0.2, 0.25) is 0 Å². The lowest BCUT2D eigenvalue weighted by atomic mass is 9.92. The van der Waals surface area contributed by atoms with Crippen molar-refractivity contribution in [1.82, 2.24) is 4.90 Å². The maximum atomic E-state index is 12.0. The third-order valence-corrected chi connectivity index (χ3v) is 5.60. The smallest absolute Gasteiger partial charge is 0.326 e. The van der Waals surface area contributed by atoms with Crippen molar-refractivity contribution >= 4 is 21.7 Å². The highest BCUT2D eigenvalue weighted by atomic mass is 32.2. The summed E-state index contributed by atoms with van der Waals surface area (Å²) >= 11 is 0. The van der Waals surface area contributed by atoms with Gasteiger partial charge in [0.05, 0.1) is 5.25 Å². The number of sulfone groups is 1. The fourth-order valence-electron chi connectivity index (χ4n) is 2.10. The molecule has 0 aromatic rings. The molecule has 0 aliphatic carbocycles. The summed E-state index contributed by atoms with van der Waals surface area (Å²) in [4.78, 5) is 24.4. The summed E-state index contributed by atoms with van der Waals surface area (Å²) in [6, 6.07) is -0.904. The van der Waals surface area contributed by atoms with Gasteiger partial charge in [-0.05, 0) is 32.6 Å². The quantitative estimate of drug-likeness (QED) is 0.815. The number of hydrogen-bond acceptors (Lipinski definition) is 4. The maximum Gasteiger partial charge on any atom is 0.326 e. The Balaban J connectivity index is 2.83. The Morgan fingerprint density at radius 1 is 1.37 bits per heavy atom. The van der Waals surface area contributed by atoms with E-state index in [9.17, 15) is 18.0 Å². The summed E-state index contributed by atoms with van der Waals surface area (Å²) in [7, 11) is -3.49. The van der Waals surface area contributed by atoms with Crippen molar-refractivity contribution in [3.8, 4) is 0 Å². The first-order valence-electron chi connectivity index (χ1n) is 6.39. The van der Waals surface area contributed by atoms with Gasteiger partial charge in [0.25, 0.3) is 0 Å². The zero-order valence-corrected chi connectivity index (χ0v) is 12.3. The van der Waals surface area contributed by atoms with E-state index in [-0.39, 0.29) is 5.92 Å². The normalized spacial score (nSPS) is 24.5. The van der Waals surface area contributed by atoms with Crippen molar-refractivity contribution in [1.29, 1.82) is 0 Å². The molecule has 0 bridgehead atoms. The van der Waals surface area contributed by atoms with Gasteiger partial charge in [-0.2, -0.15) is 0 Å². The Bertz CT molecular complexity index is 457. The number of rotatable bonds is 4. The number of piperidine rings is 1. The summed E-state index contributed by atoms with van der Waals surface area (Å²) < 4.78 is 23.5. The van der Waals surface area contributed by atoms with E-state index < -0.39 is 38.8 Å². The summed E-state index contributed by atoms with van der Waals surface area (Å²) in [5.74, 6) is -2.05. The number of hydrogen-bond donors (Lipinski definition) is 1. The minimum absolute atomic E-state index is 0.229. The monoisotopic (exact) mass is 291 g/mol. The molecule has 1 aliphatic rings. The van der Waals surface area contributed by atoms with E-state index in [1.165, 1.54) is 18.7 Å². The second-order valence-electron chi connectivity index (χ2n) is 5.43. The second kappa shape index (κ2) is 5.90. The average molecular weight is 291 g/mol. The van der Waals surface area contributed by atoms with Gasteiger partial charge in [-0.15, -0.1) is 0 Å². The van der Waals surface area contributed by atoms with Gasteiger partial charge in [0.15, 0.2) is 9.84 Å². The van der Waals surface area contributed by atoms with Crippen LogP contribution in [-0.2, 0) is 19.4 Å². The number of carbonyl (C=O) groups excluding carboxylic acids is 1. The summed E-state index contributed by atoms with van der Waals surface area (Å²) in [5.41, 5.74) is 0. The molecule has 1 saturated heterocycles. The average Bonchev–Trinajstić information content (AvgIpc) is 2.27. The number of nitrogens with zero attached hydrogens (tertiary/aromatic N) is 1. The number of carboxylic acid groups (broad SMARTS) is 1. The molecule has 2 atom stereocenters. The van der Waals surface area contributed by atoms with Gasteiger partial charge in [-0.3, -0.25) is 4.79 Å². The Morgan fingerprint density at radius 2 is 1.95 bits per heavy atom. The zero-order chi connectivity index (χ0) is 14.8. The van der Waals surface area contributed by atoms with Gasteiger partial charge in [-0.25, -0.2) is 13.2 Å². The molecule has 1 aliphatic heterocycles. The van der Waals surface area contributed by atoms with Crippen LogP contribution in [0.1, 0.15) is 33.6 Å². The van der Waals surface area contributed by atoms with Crippen molar-refractivity contribution in [3.05, 3.63) is 0 Å².